The summed E-state index contributed by atoms with van der Waals surface area (Å²) in [5.74, 6) is 0.374. The molecule has 60 heavy (non-hydrogen) atoms. The van der Waals surface area contributed by atoms with E-state index in [9.17, 15) is 10.2 Å². The number of para-hydroxylation sites is 2. The molecule has 4 aliphatic rings. The monoisotopic (exact) mass is 846 g/mol. The van der Waals surface area contributed by atoms with Crippen LogP contribution < -0.4 is 9.80 Å². The van der Waals surface area contributed by atoms with E-state index in [2.05, 4.69) is 119 Å². The van der Waals surface area contributed by atoms with Gasteiger partial charge < -0.3 is 39.3 Å². The predicted molar refractivity (Wildman–Crippen MR) is 245 cm³/mol. The molecule has 0 saturated carbocycles. The maximum atomic E-state index is 9.68. The zero-order valence-electron chi connectivity index (χ0n) is 34.8. The van der Waals surface area contributed by atoms with Crippen LogP contribution in [0.15, 0.2) is 97.1 Å². The third-order valence-corrected chi connectivity index (χ3v) is 14.7. The van der Waals surface area contributed by atoms with Crippen molar-refractivity contribution in [1.82, 2.24) is 19.8 Å². The number of aliphatic hydroxyl groups excluding tert-OH is 2. The average molecular weight is 847 g/mol. The van der Waals surface area contributed by atoms with Crippen molar-refractivity contribution in [2.75, 3.05) is 82.9 Å². The fourth-order valence-corrected chi connectivity index (χ4v) is 10.9. The zero-order valence-corrected chi connectivity index (χ0v) is 36.4. The van der Waals surface area contributed by atoms with Gasteiger partial charge in [0.1, 0.15) is 22.2 Å². The van der Waals surface area contributed by atoms with Crippen molar-refractivity contribution < 1.29 is 19.7 Å². The second-order valence-corrected chi connectivity index (χ2v) is 19.2. The van der Waals surface area contributed by atoms with Gasteiger partial charge >= 0.3 is 0 Å². The Kier molecular flexibility index (Phi) is 13.1. The zero-order chi connectivity index (χ0) is 41.0. The number of anilines is 2. The van der Waals surface area contributed by atoms with Crippen LogP contribution in [0, 0.1) is 5.92 Å². The molecule has 4 fully saturated rings. The average Bonchev–Trinajstić information content (AvgIpc) is 4.04. The molecule has 316 valence electrons. The topological polar surface area (TPSA) is 97.7 Å². The van der Waals surface area contributed by atoms with Crippen LogP contribution in [0.25, 0.3) is 20.4 Å². The first-order chi connectivity index (χ1) is 29.3. The first-order valence-corrected chi connectivity index (χ1v) is 23.4. The summed E-state index contributed by atoms with van der Waals surface area (Å²) in [5.41, 5.74) is 6.75. The SMILES string of the molecule is CN1CCC(OC(c2cccc(N3CC(O)C3)c2)c2nc3ccccc3s2)CC1.CN1CCC(OC(c2cccc(N3CCC(CO)C3)c2)c2nc3ccccc3s2)CC1. The summed E-state index contributed by atoms with van der Waals surface area (Å²) in [5, 5.41) is 21.3. The molecule has 2 N–H and O–H groups in total. The minimum Gasteiger partial charge on any atom is -0.396 e. The molecule has 10 rings (SSSR count). The molecule has 4 aromatic carbocycles. The van der Waals surface area contributed by atoms with E-state index in [1.54, 1.807) is 22.7 Å². The lowest BCUT2D eigenvalue weighted by molar-refractivity contribution is -0.0235. The number of β-amino-alcohol motifs (C(OH)–C–C–N with tert-alkyl or cyclic N) is 1. The van der Waals surface area contributed by atoms with E-state index in [4.69, 9.17) is 19.4 Å². The maximum absolute atomic E-state index is 9.68. The molecule has 3 atom stereocenters. The quantitative estimate of drug-likeness (QED) is 0.134. The van der Waals surface area contributed by atoms with E-state index >= 15 is 0 Å². The molecule has 0 radical (unpaired) electrons. The highest BCUT2D eigenvalue weighted by Gasteiger charge is 2.30. The molecule has 0 spiro atoms. The van der Waals surface area contributed by atoms with Crippen LogP contribution in [0.5, 0.6) is 0 Å². The summed E-state index contributed by atoms with van der Waals surface area (Å²) in [6.45, 7) is 7.88. The highest BCUT2D eigenvalue weighted by Crippen LogP contribution is 2.39. The summed E-state index contributed by atoms with van der Waals surface area (Å²) in [6, 6.07) is 33.9. The predicted octanol–water partition coefficient (Wildman–Crippen LogP) is 7.99. The molecular formula is C48H58N6O4S2. The molecule has 4 saturated heterocycles. The van der Waals surface area contributed by atoms with E-state index < -0.39 is 0 Å². The van der Waals surface area contributed by atoms with Crippen molar-refractivity contribution in [1.29, 1.82) is 0 Å². The number of hydrogen-bond acceptors (Lipinski definition) is 12. The van der Waals surface area contributed by atoms with Gasteiger partial charge in [-0.05, 0) is 106 Å². The minimum atomic E-state index is -0.214. The lowest BCUT2D eigenvalue weighted by Gasteiger charge is -2.38. The van der Waals surface area contributed by atoms with E-state index in [0.717, 1.165) is 104 Å². The molecule has 0 aliphatic carbocycles. The Morgan fingerprint density at radius 2 is 1.08 bits per heavy atom. The Morgan fingerprint density at radius 3 is 1.53 bits per heavy atom. The summed E-state index contributed by atoms with van der Waals surface area (Å²) < 4.78 is 15.9. The minimum absolute atomic E-state index is 0.151. The molecule has 12 heteroatoms. The van der Waals surface area contributed by atoms with Gasteiger partial charge in [-0.15, -0.1) is 22.7 Å². The van der Waals surface area contributed by atoms with Gasteiger partial charge in [-0.2, -0.15) is 0 Å². The molecule has 0 amide bonds. The van der Waals surface area contributed by atoms with Crippen molar-refractivity contribution in [3.63, 3.8) is 0 Å². The normalized spacial score (nSPS) is 21.0. The van der Waals surface area contributed by atoms with Crippen LogP contribution in [0.4, 0.5) is 11.4 Å². The molecule has 3 unspecified atom stereocenters. The van der Waals surface area contributed by atoms with E-state index in [1.165, 1.54) is 20.7 Å². The van der Waals surface area contributed by atoms with Gasteiger partial charge in [-0.3, -0.25) is 0 Å². The number of aliphatic hydroxyl groups is 2. The fourth-order valence-electron chi connectivity index (χ4n) is 8.84. The molecule has 6 heterocycles. The largest absolute Gasteiger partial charge is 0.396 e. The van der Waals surface area contributed by atoms with Crippen LogP contribution in [0.3, 0.4) is 0 Å². The molecule has 4 aliphatic heterocycles. The molecular weight excluding hydrogens is 789 g/mol. The molecule has 6 aromatic rings. The second kappa shape index (κ2) is 19.0. The standard InChI is InChI=1S/C25H31N3O2S.C23H27N3O2S/c1-27-12-10-21(11-13-27)30-24(25-26-22-7-2-3-8-23(22)31-25)19-5-4-6-20(15-19)28-14-9-18(16-28)17-29;1-25-11-9-19(10-12-25)28-22(23-24-20-7-2-3-8-21(20)29-23)16-5-4-6-17(13-16)26-14-18(27)15-26/h2-8,15,18,21,24,29H,9-14,16-17H2,1H3;2-8,13,18-19,22,27H,9-12,14-15H2,1H3. The van der Waals surface area contributed by atoms with E-state index in [-0.39, 0.29) is 37.1 Å². The summed E-state index contributed by atoms with van der Waals surface area (Å²) in [7, 11) is 4.35. The van der Waals surface area contributed by atoms with Crippen molar-refractivity contribution in [2.45, 2.75) is 62.6 Å². The van der Waals surface area contributed by atoms with Gasteiger partial charge in [-0.1, -0.05) is 48.5 Å². The number of thiazole rings is 2. The highest BCUT2D eigenvalue weighted by molar-refractivity contribution is 7.19. The Morgan fingerprint density at radius 1 is 0.600 bits per heavy atom. The molecule has 2 aromatic heterocycles. The van der Waals surface area contributed by atoms with Gasteiger partial charge in [-0.25, -0.2) is 9.97 Å². The lowest BCUT2D eigenvalue weighted by Crippen LogP contribution is -2.50. The third-order valence-electron chi connectivity index (χ3n) is 12.5. The van der Waals surface area contributed by atoms with Crippen molar-refractivity contribution >= 4 is 54.5 Å². The van der Waals surface area contributed by atoms with Gasteiger partial charge in [0, 0.05) is 76.3 Å². The van der Waals surface area contributed by atoms with E-state index in [0.29, 0.717) is 19.0 Å². The Labute approximate surface area is 362 Å². The van der Waals surface area contributed by atoms with Gasteiger partial charge in [0.15, 0.2) is 0 Å². The van der Waals surface area contributed by atoms with Crippen LogP contribution in [0.2, 0.25) is 0 Å². The third kappa shape index (κ3) is 9.72. The Bertz CT molecular complexity index is 2250. The number of aromatic nitrogens is 2. The van der Waals surface area contributed by atoms with Crippen molar-refractivity contribution in [3.05, 3.63) is 118 Å². The number of hydrogen-bond donors (Lipinski definition) is 2. The number of benzene rings is 4. The highest BCUT2D eigenvalue weighted by atomic mass is 32.1. The molecule has 0 bridgehead atoms. The van der Waals surface area contributed by atoms with E-state index in [1.807, 2.05) is 12.1 Å². The van der Waals surface area contributed by atoms with Crippen LogP contribution >= 0.6 is 22.7 Å². The first kappa shape index (κ1) is 41.4. The lowest BCUT2D eigenvalue weighted by atomic mass is 10.0. The smallest absolute Gasteiger partial charge is 0.134 e. The number of fused-ring (bicyclic) bond motifs is 2. The van der Waals surface area contributed by atoms with Crippen molar-refractivity contribution in [2.24, 2.45) is 5.92 Å². The van der Waals surface area contributed by atoms with Crippen molar-refractivity contribution in [3.8, 4) is 0 Å². The van der Waals surface area contributed by atoms with Gasteiger partial charge in [0.05, 0.1) is 38.7 Å². The summed E-state index contributed by atoms with van der Waals surface area (Å²) >= 11 is 3.46. The summed E-state index contributed by atoms with van der Waals surface area (Å²) in [6.07, 6.45) is 5.24. The molecule has 10 nitrogen and oxygen atoms in total. The van der Waals surface area contributed by atoms with Gasteiger partial charge in [0.25, 0.3) is 0 Å². The van der Waals surface area contributed by atoms with Crippen LogP contribution in [-0.4, -0.2) is 121 Å². The number of likely N-dealkylation sites (tertiary alicyclic amines) is 2. The van der Waals surface area contributed by atoms with Gasteiger partial charge in [0.2, 0.25) is 0 Å². The van der Waals surface area contributed by atoms with Crippen LogP contribution in [0.1, 0.15) is 65.5 Å². The number of piperidine rings is 2. The first-order valence-electron chi connectivity index (χ1n) is 21.7. The Balaban J connectivity index is 0.000000154. The second-order valence-electron chi connectivity index (χ2n) is 17.1. The number of nitrogens with zero attached hydrogens (tertiary/aromatic N) is 6. The number of rotatable bonds is 11. The maximum Gasteiger partial charge on any atom is 0.134 e. The van der Waals surface area contributed by atoms with Crippen LogP contribution in [-0.2, 0) is 9.47 Å². The number of ether oxygens (including phenoxy) is 2. The summed E-state index contributed by atoms with van der Waals surface area (Å²) in [4.78, 5) is 19.2. The fraction of sp³-hybridized carbons (Fsp3) is 0.458. The Hall–Kier alpha value is -3.98.